The van der Waals surface area contributed by atoms with Crippen molar-refractivity contribution in [2.75, 3.05) is 21.3 Å². The minimum absolute atomic E-state index is 0.176. The summed E-state index contributed by atoms with van der Waals surface area (Å²) in [4.78, 5) is 9.60. The molecular formula is C17H34O5. The maximum absolute atomic E-state index is 9.60. The van der Waals surface area contributed by atoms with Crippen LogP contribution in [0, 0.1) is 0 Å². The number of aliphatic carboxylic acids is 1. The third-order valence-electron chi connectivity index (χ3n) is 3.38. The van der Waals surface area contributed by atoms with Crippen molar-refractivity contribution in [3.05, 3.63) is 12.2 Å². The average Bonchev–Trinajstić information content (AvgIpc) is 2.51. The van der Waals surface area contributed by atoms with Crippen LogP contribution >= 0.6 is 0 Å². The number of carboxylic acids is 1. The highest BCUT2D eigenvalue weighted by atomic mass is 16.9. The lowest BCUT2D eigenvalue weighted by atomic mass is 10.1. The van der Waals surface area contributed by atoms with Gasteiger partial charge in [0, 0.05) is 33.3 Å². The van der Waals surface area contributed by atoms with Crippen LogP contribution < -0.4 is 0 Å². The van der Waals surface area contributed by atoms with Gasteiger partial charge >= 0.3 is 5.97 Å². The molecule has 0 aliphatic rings. The molecule has 0 aliphatic carbocycles. The van der Waals surface area contributed by atoms with E-state index >= 15 is 0 Å². The summed E-state index contributed by atoms with van der Waals surface area (Å²) in [6, 6.07) is 0. The number of carbonyl (C=O) groups is 1. The van der Waals surface area contributed by atoms with Crippen molar-refractivity contribution >= 4 is 5.97 Å². The first-order chi connectivity index (χ1) is 10.4. The quantitative estimate of drug-likeness (QED) is 0.329. The molecule has 0 aromatic carbocycles. The maximum atomic E-state index is 9.60. The lowest BCUT2D eigenvalue weighted by Crippen LogP contribution is -2.35. The normalized spacial score (nSPS) is 10.8. The molecule has 0 aliphatic heterocycles. The fourth-order valence-corrected chi connectivity index (χ4v) is 1.85. The third-order valence-corrected chi connectivity index (χ3v) is 3.38. The highest BCUT2D eigenvalue weighted by Crippen LogP contribution is 2.21. The zero-order valence-electron chi connectivity index (χ0n) is 14.9. The molecule has 22 heavy (non-hydrogen) atoms. The highest BCUT2D eigenvalue weighted by molar-refractivity contribution is 5.84. The second-order valence-corrected chi connectivity index (χ2v) is 5.25. The molecule has 0 unspecified atom stereocenters. The lowest BCUT2D eigenvalue weighted by Gasteiger charge is -2.28. The molecule has 0 spiro atoms. The Morgan fingerprint density at radius 3 is 1.64 bits per heavy atom. The van der Waals surface area contributed by atoms with E-state index in [0.29, 0.717) is 0 Å². The summed E-state index contributed by atoms with van der Waals surface area (Å²) in [5.41, 5.74) is 0.176. The molecule has 0 radical (unpaired) electrons. The van der Waals surface area contributed by atoms with Gasteiger partial charge in [0.05, 0.1) is 0 Å². The fourth-order valence-electron chi connectivity index (χ4n) is 1.85. The molecule has 132 valence electrons. The molecule has 0 saturated heterocycles. The summed E-state index contributed by atoms with van der Waals surface area (Å²) >= 11 is 0. The van der Waals surface area contributed by atoms with Gasteiger partial charge in [-0.15, -0.1) is 0 Å². The van der Waals surface area contributed by atoms with E-state index in [1.165, 1.54) is 45.4 Å². The number of methoxy groups -OCH3 is 3. The summed E-state index contributed by atoms with van der Waals surface area (Å²) in [5, 5.41) is 7.89. The van der Waals surface area contributed by atoms with Crippen molar-refractivity contribution in [2.24, 2.45) is 0 Å². The van der Waals surface area contributed by atoms with Crippen molar-refractivity contribution < 1.29 is 24.1 Å². The molecular weight excluding hydrogens is 284 g/mol. The van der Waals surface area contributed by atoms with Crippen molar-refractivity contribution in [2.45, 2.75) is 71.2 Å². The Kier molecular flexibility index (Phi) is 15.9. The second-order valence-electron chi connectivity index (χ2n) is 5.25. The molecule has 0 atom stereocenters. The van der Waals surface area contributed by atoms with Gasteiger partial charge in [-0.3, -0.25) is 0 Å². The van der Waals surface area contributed by atoms with Gasteiger partial charge in [-0.1, -0.05) is 52.0 Å². The molecule has 0 bridgehead atoms. The average molecular weight is 318 g/mol. The van der Waals surface area contributed by atoms with Crippen molar-refractivity contribution in [1.29, 1.82) is 0 Å². The van der Waals surface area contributed by atoms with E-state index in [1.54, 1.807) is 21.3 Å². The Balaban J connectivity index is 0. The topological polar surface area (TPSA) is 65.0 Å². The van der Waals surface area contributed by atoms with Crippen LogP contribution in [0.5, 0.6) is 0 Å². The Bertz CT molecular complexity index is 265. The van der Waals surface area contributed by atoms with Crippen LogP contribution in [0.1, 0.15) is 65.2 Å². The van der Waals surface area contributed by atoms with Crippen LogP contribution in [0.4, 0.5) is 0 Å². The molecule has 0 heterocycles. The molecule has 0 rings (SSSR count). The van der Waals surface area contributed by atoms with Crippen LogP contribution in [-0.2, 0) is 19.0 Å². The van der Waals surface area contributed by atoms with Crippen molar-refractivity contribution in [3.8, 4) is 0 Å². The summed E-state index contributed by atoms with van der Waals surface area (Å²) in [6.45, 7) is 6.84. The molecule has 5 nitrogen and oxygen atoms in total. The summed E-state index contributed by atoms with van der Waals surface area (Å²) in [7, 11) is 4.86. The van der Waals surface area contributed by atoms with Crippen LogP contribution in [0.3, 0.4) is 0 Å². The number of hydrogen-bond donors (Lipinski definition) is 1. The first-order valence-electron chi connectivity index (χ1n) is 7.93. The van der Waals surface area contributed by atoms with E-state index in [0.717, 1.165) is 12.8 Å². The van der Waals surface area contributed by atoms with Gasteiger partial charge in [0.25, 0.3) is 5.97 Å². The number of ether oxygens (including phenoxy) is 3. The minimum Gasteiger partial charge on any atom is -0.478 e. The SMILES string of the molecule is C=C(C)C(=O)O.CCCCCCCCCC(OC)(OC)OC. The predicted molar refractivity (Wildman–Crippen MR) is 88.8 cm³/mol. The minimum atomic E-state index is -0.935. The van der Waals surface area contributed by atoms with Gasteiger partial charge in [0.1, 0.15) is 0 Å². The smallest absolute Gasteiger partial charge is 0.330 e. The summed E-state index contributed by atoms with van der Waals surface area (Å²) < 4.78 is 15.7. The molecule has 0 amide bonds. The van der Waals surface area contributed by atoms with E-state index in [1.807, 2.05) is 0 Å². The van der Waals surface area contributed by atoms with Gasteiger partial charge in [-0.25, -0.2) is 4.79 Å². The van der Waals surface area contributed by atoms with Crippen molar-refractivity contribution in [1.82, 2.24) is 0 Å². The highest BCUT2D eigenvalue weighted by Gasteiger charge is 2.28. The van der Waals surface area contributed by atoms with Crippen LogP contribution in [0.15, 0.2) is 12.2 Å². The zero-order chi connectivity index (χ0) is 17.4. The molecule has 0 aromatic rings. The van der Waals surface area contributed by atoms with Crippen molar-refractivity contribution in [3.63, 3.8) is 0 Å². The summed E-state index contributed by atoms with van der Waals surface area (Å²) in [6.07, 6.45) is 9.77. The standard InChI is InChI=1S/C13H28O3.C4H6O2/c1-5-6-7-8-9-10-11-12-13(14-2,15-3)16-4;1-3(2)4(5)6/h5-12H2,1-4H3;1H2,2H3,(H,5,6). The zero-order valence-corrected chi connectivity index (χ0v) is 14.9. The first-order valence-corrected chi connectivity index (χ1v) is 7.93. The Hall–Kier alpha value is -0.910. The van der Waals surface area contributed by atoms with E-state index in [2.05, 4.69) is 13.5 Å². The van der Waals surface area contributed by atoms with Gasteiger partial charge < -0.3 is 19.3 Å². The van der Waals surface area contributed by atoms with Gasteiger partial charge in [-0.2, -0.15) is 0 Å². The number of hydrogen-bond acceptors (Lipinski definition) is 4. The fraction of sp³-hybridized carbons (Fsp3) is 0.824. The van der Waals surface area contributed by atoms with E-state index in [4.69, 9.17) is 19.3 Å². The summed E-state index contributed by atoms with van der Waals surface area (Å²) in [5.74, 6) is -1.77. The number of unbranched alkanes of at least 4 members (excludes halogenated alkanes) is 6. The Labute approximate surface area is 135 Å². The predicted octanol–water partition coefficient (Wildman–Crippen LogP) is 4.37. The molecule has 5 heteroatoms. The Morgan fingerprint density at radius 2 is 1.32 bits per heavy atom. The number of carboxylic acid groups (broad SMARTS) is 1. The van der Waals surface area contributed by atoms with E-state index in [9.17, 15) is 4.79 Å². The lowest BCUT2D eigenvalue weighted by molar-refractivity contribution is -0.355. The number of rotatable bonds is 12. The molecule has 0 aromatic heterocycles. The van der Waals surface area contributed by atoms with Gasteiger partial charge in [-0.05, 0) is 13.3 Å². The van der Waals surface area contributed by atoms with Gasteiger partial charge in [0.2, 0.25) is 0 Å². The monoisotopic (exact) mass is 318 g/mol. The third kappa shape index (κ3) is 12.8. The van der Waals surface area contributed by atoms with E-state index < -0.39 is 11.9 Å². The van der Waals surface area contributed by atoms with E-state index in [-0.39, 0.29) is 5.57 Å². The van der Waals surface area contributed by atoms with Crippen LogP contribution in [-0.4, -0.2) is 38.4 Å². The largest absolute Gasteiger partial charge is 0.478 e. The first kappa shape index (κ1) is 23.4. The second kappa shape index (κ2) is 15.0. The van der Waals surface area contributed by atoms with Gasteiger partial charge in [0.15, 0.2) is 0 Å². The van der Waals surface area contributed by atoms with Crippen LogP contribution in [0.2, 0.25) is 0 Å². The maximum Gasteiger partial charge on any atom is 0.330 e. The Morgan fingerprint density at radius 1 is 0.955 bits per heavy atom. The molecule has 0 saturated carbocycles. The van der Waals surface area contributed by atoms with Crippen LogP contribution in [0.25, 0.3) is 0 Å². The molecule has 1 N–H and O–H groups in total. The molecule has 0 fully saturated rings.